The minimum absolute atomic E-state index is 0.0712. The van der Waals surface area contributed by atoms with Crippen molar-refractivity contribution in [2.45, 2.75) is 44.3 Å². The van der Waals surface area contributed by atoms with E-state index < -0.39 is 29.6 Å². The second-order valence-corrected chi connectivity index (χ2v) is 10.5. The number of amides is 4. The van der Waals surface area contributed by atoms with Crippen molar-refractivity contribution in [2.75, 3.05) is 18.0 Å². The zero-order valence-electron chi connectivity index (χ0n) is 21.9. The highest BCUT2D eigenvalue weighted by atomic mass is 19.1. The van der Waals surface area contributed by atoms with Gasteiger partial charge in [0.2, 0.25) is 11.8 Å². The second-order valence-electron chi connectivity index (χ2n) is 10.5. The fourth-order valence-corrected chi connectivity index (χ4v) is 6.00. The molecule has 0 spiro atoms. The summed E-state index contributed by atoms with van der Waals surface area (Å²) in [6.07, 6.45) is 1.78. The van der Waals surface area contributed by atoms with Crippen LogP contribution in [0.15, 0.2) is 72.8 Å². The molecule has 3 heterocycles. The van der Waals surface area contributed by atoms with Crippen LogP contribution in [0.2, 0.25) is 0 Å². The Bertz CT molecular complexity index is 1430. The van der Waals surface area contributed by atoms with Crippen molar-refractivity contribution in [3.05, 3.63) is 95.3 Å². The Kier molecular flexibility index (Phi) is 6.79. The van der Waals surface area contributed by atoms with Crippen LogP contribution in [-0.4, -0.2) is 58.6 Å². The van der Waals surface area contributed by atoms with Crippen molar-refractivity contribution in [1.82, 2.24) is 15.1 Å². The van der Waals surface area contributed by atoms with Crippen molar-refractivity contribution in [3.8, 4) is 0 Å². The molecule has 0 aliphatic carbocycles. The van der Waals surface area contributed by atoms with Gasteiger partial charge in [-0.2, -0.15) is 0 Å². The molecule has 1 atom stereocenters. The Labute approximate surface area is 231 Å². The number of benzene rings is 3. The molecule has 6 rings (SSSR count). The van der Waals surface area contributed by atoms with Crippen LogP contribution in [0.25, 0.3) is 0 Å². The summed E-state index contributed by atoms with van der Waals surface area (Å²) in [5.41, 5.74) is 2.74. The molecule has 3 aromatic rings. The molecule has 3 aliphatic heterocycles. The molecule has 0 aromatic heterocycles. The lowest BCUT2D eigenvalue weighted by Gasteiger charge is -2.40. The van der Waals surface area contributed by atoms with Crippen LogP contribution in [0.1, 0.15) is 52.0 Å². The smallest absolute Gasteiger partial charge is 0.256 e. The molecule has 0 saturated carbocycles. The van der Waals surface area contributed by atoms with E-state index in [4.69, 9.17) is 0 Å². The number of carbonyl (C=O) groups excluding carboxylic acids is 4. The summed E-state index contributed by atoms with van der Waals surface area (Å²) in [4.78, 5) is 55.6. The van der Waals surface area contributed by atoms with Crippen molar-refractivity contribution < 1.29 is 23.6 Å². The zero-order valence-corrected chi connectivity index (χ0v) is 21.9. The lowest BCUT2D eigenvalue weighted by molar-refractivity contribution is -0.136. The van der Waals surface area contributed by atoms with Crippen LogP contribution in [-0.2, 0) is 16.1 Å². The Hall–Kier alpha value is -4.53. The highest BCUT2D eigenvalue weighted by molar-refractivity contribution is 6.06. The largest absolute Gasteiger partial charge is 0.338 e. The number of carbonyl (C=O) groups is 4. The minimum Gasteiger partial charge on any atom is -0.338 e. The summed E-state index contributed by atoms with van der Waals surface area (Å²) in [6.45, 7) is 1.03. The summed E-state index contributed by atoms with van der Waals surface area (Å²) in [5, 5.41) is 2.26. The molecule has 4 amide bonds. The highest BCUT2D eigenvalue weighted by Crippen LogP contribution is 2.33. The van der Waals surface area contributed by atoms with Gasteiger partial charge in [0.15, 0.2) is 0 Å². The number of nitrogens with one attached hydrogen (secondary N) is 1. The molecular weight excluding hydrogens is 511 g/mol. The summed E-state index contributed by atoms with van der Waals surface area (Å²) >= 11 is 0. The standard InChI is InChI=1S/C31H29FN4O4/c32-26-18-24-20(19-35(31(24)40)27-11-12-28(37)33-29(27)38)17-25(26)30(39)34-15-13-23(14-16-34)36(21-7-3-1-4-8-21)22-9-5-2-6-10-22/h1-10,17-18,23,27H,11-16,19H2,(H,33,37,38). The van der Waals surface area contributed by atoms with Crippen LogP contribution >= 0.6 is 0 Å². The number of piperidine rings is 2. The van der Waals surface area contributed by atoms with E-state index >= 15 is 4.39 Å². The number of halogens is 1. The molecule has 9 heteroatoms. The SMILES string of the molecule is O=C1CCC(N2Cc3cc(C(=O)N4CCC(N(c5ccccc5)c5ccccc5)CC4)c(F)cc3C2=O)C(=O)N1. The first-order valence-electron chi connectivity index (χ1n) is 13.6. The van der Waals surface area contributed by atoms with Crippen molar-refractivity contribution >= 4 is 35.0 Å². The number of para-hydroxylation sites is 2. The van der Waals surface area contributed by atoms with E-state index in [1.165, 1.54) is 11.0 Å². The summed E-state index contributed by atoms with van der Waals surface area (Å²) in [7, 11) is 0. The van der Waals surface area contributed by atoms with Gasteiger partial charge in [-0.25, -0.2) is 4.39 Å². The van der Waals surface area contributed by atoms with Gasteiger partial charge < -0.3 is 14.7 Å². The number of rotatable bonds is 5. The Morgan fingerprint density at radius 1 is 0.875 bits per heavy atom. The maximum Gasteiger partial charge on any atom is 0.256 e. The minimum atomic E-state index is -0.795. The zero-order chi connectivity index (χ0) is 27.8. The van der Waals surface area contributed by atoms with Gasteiger partial charge >= 0.3 is 0 Å². The Morgan fingerprint density at radius 2 is 1.50 bits per heavy atom. The summed E-state index contributed by atoms with van der Waals surface area (Å²) in [6, 6.07) is 22.2. The molecule has 3 aliphatic rings. The fraction of sp³-hybridized carbons (Fsp3) is 0.290. The average molecular weight is 541 g/mol. The quantitative estimate of drug-likeness (QED) is 0.494. The van der Waals surface area contributed by atoms with Crippen LogP contribution in [0, 0.1) is 5.82 Å². The van der Waals surface area contributed by atoms with Gasteiger partial charge in [0, 0.05) is 49.0 Å². The predicted octanol–water partition coefficient (Wildman–Crippen LogP) is 4.03. The van der Waals surface area contributed by atoms with E-state index in [-0.39, 0.29) is 42.5 Å². The van der Waals surface area contributed by atoms with Gasteiger partial charge in [-0.05, 0) is 61.2 Å². The monoisotopic (exact) mass is 540 g/mol. The number of anilines is 2. The normalized spacial score (nSPS) is 19.4. The maximum atomic E-state index is 15.2. The third-order valence-corrected chi connectivity index (χ3v) is 8.03. The van der Waals surface area contributed by atoms with Gasteiger partial charge in [-0.15, -0.1) is 0 Å². The molecule has 40 heavy (non-hydrogen) atoms. The molecule has 1 N–H and O–H groups in total. The van der Waals surface area contributed by atoms with E-state index in [1.807, 2.05) is 36.4 Å². The first-order chi connectivity index (χ1) is 19.4. The number of imide groups is 1. The summed E-state index contributed by atoms with van der Waals surface area (Å²) < 4.78 is 15.2. The van der Waals surface area contributed by atoms with Gasteiger partial charge in [-0.3, -0.25) is 24.5 Å². The number of fused-ring (bicyclic) bond motifs is 1. The van der Waals surface area contributed by atoms with Crippen molar-refractivity contribution in [2.24, 2.45) is 0 Å². The number of likely N-dealkylation sites (tertiary alicyclic amines) is 1. The molecule has 1 unspecified atom stereocenters. The Balaban J connectivity index is 1.17. The van der Waals surface area contributed by atoms with Crippen LogP contribution in [0.5, 0.6) is 0 Å². The fourth-order valence-electron chi connectivity index (χ4n) is 6.00. The van der Waals surface area contributed by atoms with Crippen molar-refractivity contribution in [3.63, 3.8) is 0 Å². The van der Waals surface area contributed by atoms with Gasteiger partial charge in [-0.1, -0.05) is 36.4 Å². The van der Waals surface area contributed by atoms with Crippen LogP contribution < -0.4 is 10.2 Å². The molecule has 204 valence electrons. The number of hydrogen-bond acceptors (Lipinski definition) is 5. The lowest BCUT2D eigenvalue weighted by Crippen LogP contribution is -2.52. The van der Waals surface area contributed by atoms with E-state index in [0.29, 0.717) is 31.5 Å². The molecule has 8 nitrogen and oxygen atoms in total. The molecule has 2 fully saturated rings. The van der Waals surface area contributed by atoms with Crippen LogP contribution in [0.4, 0.5) is 15.8 Å². The van der Waals surface area contributed by atoms with E-state index in [2.05, 4.69) is 34.5 Å². The topological polar surface area (TPSA) is 90.0 Å². The first kappa shape index (κ1) is 25.7. The summed E-state index contributed by atoms with van der Waals surface area (Å²) in [5.74, 6) is -2.53. The molecule has 3 aromatic carbocycles. The van der Waals surface area contributed by atoms with Gasteiger partial charge in [0.25, 0.3) is 11.8 Å². The van der Waals surface area contributed by atoms with Gasteiger partial charge in [0.1, 0.15) is 11.9 Å². The van der Waals surface area contributed by atoms with E-state index in [1.54, 1.807) is 4.90 Å². The molecule has 0 radical (unpaired) electrons. The van der Waals surface area contributed by atoms with E-state index in [0.717, 1.165) is 17.4 Å². The Morgan fingerprint density at radius 3 is 2.10 bits per heavy atom. The highest BCUT2D eigenvalue weighted by Gasteiger charge is 2.40. The lowest BCUT2D eigenvalue weighted by atomic mass is 9.99. The predicted molar refractivity (Wildman–Crippen MR) is 146 cm³/mol. The molecular formula is C31H29FN4O4. The van der Waals surface area contributed by atoms with Crippen LogP contribution in [0.3, 0.4) is 0 Å². The third kappa shape index (κ3) is 4.72. The second kappa shape index (κ2) is 10.6. The van der Waals surface area contributed by atoms with E-state index in [9.17, 15) is 19.2 Å². The third-order valence-electron chi connectivity index (χ3n) is 8.03. The van der Waals surface area contributed by atoms with Crippen molar-refractivity contribution in [1.29, 1.82) is 0 Å². The first-order valence-corrected chi connectivity index (χ1v) is 13.6. The number of hydrogen-bond donors (Lipinski definition) is 1. The average Bonchev–Trinajstić information content (AvgIpc) is 3.28. The van der Waals surface area contributed by atoms with Gasteiger partial charge in [0.05, 0.1) is 5.56 Å². The molecule has 0 bridgehead atoms. The molecule has 2 saturated heterocycles. The number of nitrogens with zero attached hydrogens (tertiary/aromatic N) is 3. The maximum absolute atomic E-state index is 15.2.